The zero-order valence-corrected chi connectivity index (χ0v) is 22.9. The van der Waals surface area contributed by atoms with Crippen molar-refractivity contribution in [2.45, 2.75) is 112 Å². The lowest BCUT2D eigenvalue weighted by molar-refractivity contribution is -0.245. The van der Waals surface area contributed by atoms with Gasteiger partial charge >= 0.3 is 0 Å². The Balaban J connectivity index is 1.57. The van der Waals surface area contributed by atoms with Gasteiger partial charge in [0.1, 0.15) is 0 Å². The number of hydrogen-bond donors (Lipinski definition) is 2. The first-order valence-electron chi connectivity index (χ1n) is 14.2. The fourth-order valence-electron chi connectivity index (χ4n) is 11.6. The van der Waals surface area contributed by atoms with Crippen molar-refractivity contribution in [3.63, 3.8) is 0 Å². The van der Waals surface area contributed by atoms with E-state index in [4.69, 9.17) is 5.73 Å². The Kier molecular flexibility index (Phi) is 5.51. The van der Waals surface area contributed by atoms with Crippen molar-refractivity contribution in [2.24, 2.45) is 67.4 Å². The van der Waals surface area contributed by atoms with E-state index in [-0.39, 0.29) is 39.1 Å². The van der Waals surface area contributed by atoms with Gasteiger partial charge in [0.05, 0.1) is 11.5 Å². The second kappa shape index (κ2) is 7.56. The Hall–Kier alpha value is -0.900. The third-order valence-corrected chi connectivity index (χ3v) is 13.8. The fraction of sp³-hybridized carbons (Fsp3) is 0.933. The molecule has 5 fully saturated rings. The maximum absolute atomic E-state index is 13.1. The summed E-state index contributed by atoms with van der Waals surface area (Å²) >= 11 is 0. The van der Waals surface area contributed by atoms with Crippen LogP contribution in [0.1, 0.15) is 106 Å². The quantitative estimate of drug-likeness (QED) is 0.485. The SMILES string of the molecule is CN=C(C)C1CC[C@]2(C(N)=O)CC[C@]3(C)C(CCC4[C@@]5(C)CC[C@H](O)C(C)(C)C5CC[C@]43C)C12. The molecule has 0 aromatic heterocycles. The molecule has 5 unspecified atom stereocenters. The number of carbonyl (C=O) groups is 1. The van der Waals surface area contributed by atoms with Crippen molar-refractivity contribution < 1.29 is 9.90 Å². The number of amides is 1. The lowest BCUT2D eigenvalue weighted by Gasteiger charge is -2.72. The summed E-state index contributed by atoms with van der Waals surface area (Å²) < 4.78 is 0. The summed E-state index contributed by atoms with van der Waals surface area (Å²) in [6, 6.07) is 0. The second-order valence-corrected chi connectivity index (χ2v) is 14.6. The van der Waals surface area contributed by atoms with E-state index in [0.29, 0.717) is 29.6 Å². The minimum atomic E-state index is -0.331. The molecule has 4 nitrogen and oxygen atoms in total. The Morgan fingerprint density at radius 1 is 0.853 bits per heavy atom. The number of carbonyl (C=O) groups excluding carboxylic acids is 1. The fourth-order valence-corrected chi connectivity index (χ4v) is 11.6. The standard InChI is InChI=1S/C30H50N2O2/c1-18(32-7)19-10-15-30(25(31)34)17-16-28(5)20(24(19)30)8-9-22-27(4)13-12-23(33)26(2,3)21(27)11-14-29(22,28)6/h19-24,33H,8-17H2,1-7H3,(H2,31,34)/t19?,20?,21?,22?,23-,24?,27-,28+,29+,30-/m0/s1. The maximum atomic E-state index is 13.1. The van der Waals surface area contributed by atoms with Gasteiger partial charge in [-0.15, -0.1) is 0 Å². The smallest absolute Gasteiger partial charge is 0.223 e. The van der Waals surface area contributed by atoms with E-state index in [1.807, 2.05) is 7.05 Å². The zero-order chi connectivity index (χ0) is 24.9. The number of nitrogens with two attached hydrogens (primary N) is 1. The highest BCUT2D eigenvalue weighted by Gasteiger charge is 2.71. The molecule has 0 spiro atoms. The molecule has 0 aromatic carbocycles. The summed E-state index contributed by atoms with van der Waals surface area (Å²) in [5, 5.41) is 10.9. The van der Waals surface area contributed by atoms with E-state index in [9.17, 15) is 9.90 Å². The Morgan fingerprint density at radius 3 is 2.21 bits per heavy atom. The van der Waals surface area contributed by atoms with Crippen LogP contribution in [0.2, 0.25) is 0 Å². The van der Waals surface area contributed by atoms with Gasteiger partial charge in [-0.3, -0.25) is 9.79 Å². The van der Waals surface area contributed by atoms with Gasteiger partial charge in [-0.1, -0.05) is 34.6 Å². The van der Waals surface area contributed by atoms with E-state index in [1.165, 1.54) is 31.4 Å². The highest BCUT2D eigenvalue weighted by molar-refractivity contribution is 5.88. The van der Waals surface area contributed by atoms with Gasteiger partial charge in [0.15, 0.2) is 0 Å². The predicted molar refractivity (Wildman–Crippen MR) is 138 cm³/mol. The zero-order valence-electron chi connectivity index (χ0n) is 22.9. The maximum Gasteiger partial charge on any atom is 0.223 e. The largest absolute Gasteiger partial charge is 0.393 e. The molecule has 0 aliphatic heterocycles. The van der Waals surface area contributed by atoms with Crippen molar-refractivity contribution >= 4 is 11.6 Å². The first kappa shape index (κ1) is 24.8. The molecule has 0 aromatic rings. The van der Waals surface area contributed by atoms with Crippen LogP contribution in [0.4, 0.5) is 0 Å². The first-order chi connectivity index (χ1) is 15.8. The topological polar surface area (TPSA) is 75.7 Å². The molecule has 0 radical (unpaired) electrons. The number of aliphatic hydroxyl groups excluding tert-OH is 1. The van der Waals surface area contributed by atoms with Crippen LogP contribution in [0.15, 0.2) is 4.99 Å². The molecule has 0 heterocycles. The lowest BCUT2D eigenvalue weighted by Crippen LogP contribution is -2.67. The van der Waals surface area contributed by atoms with Gasteiger partial charge < -0.3 is 10.8 Å². The number of hydrogen-bond acceptors (Lipinski definition) is 3. The average molecular weight is 471 g/mol. The van der Waals surface area contributed by atoms with E-state index in [1.54, 1.807) is 0 Å². The van der Waals surface area contributed by atoms with Crippen LogP contribution >= 0.6 is 0 Å². The van der Waals surface area contributed by atoms with E-state index >= 15 is 0 Å². The third-order valence-electron chi connectivity index (χ3n) is 13.8. The highest BCUT2D eigenvalue weighted by atomic mass is 16.3. The molecule has 4 heteroatoms. The molecule has 0 bridgehead atoms. The van der Waals surface area contributed by atoms with Gasteiger partial charge in [-0.2, -0.15) is 0 Å². The molecule has 34 heavy (non-hydrogen) atoms. The van der Waals surface area contributed by atoms with Crippen LogP contribution in [0.5, 0.6) is 0 Å². The molecule has 5 saturated carbocycles. The summed E-state index contributed by atoms with van der Waals surface area (Å²) in [4.78, 5) is 17.7. The summed E-state index contributed by atoms with van der Waals surface area (Å²) in [7, 11) is 1.92. The van der Waals surface area contributed by atoms with Crippen molar-refractivity contribution in [1.29, 1.82) is 0 Å². The normalized spacial score (nSPS) is 54.4. The molecule has 3 N–H and O–H groups in total. The van der Waals surface area contributed by atoms with Crippen LogP contribution < -0.4 is 5.73 Å². The second-order valence-electron chi connectivity index (χ2n) is 14.6. The summed E-state index contributed by atoms with van der Waals surface area (Å²) in [5.41, 5.74) is 7.90. The number of aliphatic imine (C=N–C) groups is 1. The van der Waals surface area contributed by atoms with Crippen LogP contribution in [0.3, 0.4) is 0 Å². The van der Waals surface area contributed by atoms with Gasteiger partial charge in [0.2, 0.25) is 5.91 Å². The number of rotatable bonds is 2. The van der Waals surface area contributed by atoms with Crippen molar-refractivity contribution in [2.75, 3.05) is 7.05 Å². The molecule has 5 aliphatic rings. The number of primary amides is 1. The van der Waals surface area contributed by atoms with Crippen LogP contribution in [-0.4, -0.2) is 29.9 Å². The molecule has 192 valence electrons. The highest BCUT2D eigenvalue weighted by Crippen LogP contribution is 2.77. The first-order valence-corrected chi connectivity index (χ1v) is 14.2. The predicted octanol–water partition coefficient (Wildman–Crippen LogP) is 6.00. The summed E-state index contributed by atoms with van der Waals surface area (Å²) in [6.45, 7) is 14.7. The Bertz CT molecular complexity index is 896. The minimum absolute atomic E-state index is 0.00891. The van der Waals surface area contributed by atoms with E-state index in [2.05, 4.69) is 46.5 Å². The van der Waals surface area contributed by atoms with Crippen molar-refractivity contribution in [1.82, 2.24) is 0 Å². The molecular formula is C30H50N2O2. The van der Waals surface area contributed by atoms with E-state index < -0.39 is 0 Å². The minimum Gasteiger partial charge on any atom is -0.393 e. The van der Waals surface area contributed by atoms with Gasteiger partial charge in [-0.05, 0) is 116 Å². The summed E-state index contributed by atoms with van der Waals surface area (Å²) in [5.74, 6) is 2.52. The van der Waals surface area contributed by atoms with Crippen LogP contribution in [0, 0.1) is 56.7 Å². The lowest BCUT2D eigenvalue weighted by atomic mass is 9.32. The van der Waals surface area contributed by atoms with Crippen molar-refractivity contribution in [3.8, 4) is 0 Å². The van der Waals surface area contributed by atoms with Gasteiger partial charge in [0.25, 0.3) is 0 Å². The summed E-state index contributed by atoms with van der Waals surface area (Å²) in [6.07, 6.45) is 11.0. The van der Waals surface area contributed by atoms with E-state index in [0.717, 1.165) is 38.5 Å². The Morgan fingerprint density at radius 2 is 1.56 bits per heavy atom. The monoisotopic (exact) mass is 470 g/mol. The average Bonchev–Trinajstić information content (AvgIpc) is 3.18. The Labute approximate surface area is 207 Å². The molecule has 5 rings (SSSR count). The molecule has 0 saturated heterocycles. The molecule has 1 amide bonds. The van der Waals surface area contributed by atoms with Gasteiger partial charge in [0, 0.05) is 18.7 Å². The van der Waals surface area contributed by atoms with Gasteiger partial charge in [-0.25, -0.2) is 0 Å². The number of fused-ring (bicyclic) bond motifs is 7. The molecule has 5 aliphatic carbocycles. The third kappa shape index (κ3) is 2.81. The number of nitrogens with zero attached hydrogens (tertiary/aromatic N) is 1. The van der Waals surface area contributed by atoms with Crippen molar-refractivity contribution in [3.05, 3.63) is 0 Å². The molecular weight excluding hydrogens is 420 g/mol. The molecule has 10 atom stereocenters. The number of aliphatic hydroxyl groups is 1. The van der Waals surface area contributed by atoms with Crippen LogP contribution in [-0.2, 0) is 4.79 Å². The van der Waals surface area contributed by atoms with Crippen LogP contribution in [0.25, 0.3) is 0 Å².